The van der Waals surface area contributed by atoms with Crippen molar-refractivity contribution in [1.82, 2.24) is 10.3 Å². The number of hydrogen-bond acceptors (Lipinski definition) is 6. The van der Waals surface area contributed by atoms with Gasteiger partial charge in [0.1, 0.15) is 6.61 Å². The van der Waals surface area contributed by atoms with Crippen LogP contribution in [-0.2, 0) is 20.9 Å². The third-order valence-corrected chi connectivity index (χ3v) is 6.75. The zero-order valence-corrected chi connectivity index (χ0v) is 20.4. The van der Waals surface area contributed by atoms with Gasteiger partial charge in [0.2, 0.25) is 6.17 Å². The predicted octanol–water partition coefficient (Wildman–Crippen LogP) is 4.28. The van der Waals surface area contributed by atoms with Gasteiger partial charge in [-0.3, -0.25) is 19.9 Å². The molecule has 1 saturated carbocycles. The zero-order chi connectivity index (χ0) is 25.6. The molecule has 37 heavy (non-hydrogen) atoms. The maximum absolute atomic E-state index is 13.8. The number of Topliss-reactive ketones (excluding diaryl/α,β-unsaturated/α-hetero) is 1. The largest absolute Gasteiger partial charge is 0.445 e. The number of aliphatic imine (C=N–C) groups is 1. The second kappa shape index (κ2) is 11.2. The normalized spacial score (nSPS) is 17.5. The summed E-state index contributed by atoms with van der Waals surface area (Å²) in [6.07, 6.45) is 4.98. The van der Waals surface area contributed by atoms with E-state index < -0.39 is 18.2 Å². The molecule has 1 aliphatic heterocycles. The van der Waals surface area contributed by atoms with Crippen molar-refractivity contribution >= 4 is 29.2 Å². The van der Waals surface area contributed by atoms with E-state index in [-0.39, 0.29) is 24.9 Å². The van der Waals surface area contributed by atoms with Gasteiger partial charge in [-0.1, -0.05) is 61.4 Å². The van der Waals surface area contributed by atoms with Crippen LogP contribution in [0.5, 0.6) is 0 Å². The lowest BCUT2D eigenvalue weighted by Crippen LogP contribution is -2.49. The highest BCUT2D eigenvalue weighted by molar-refractivity contribution is 6.20. The maximum Gasteiger partial charge on any atom is 0.409 e. The molecule has 2 amide bonds. The number of rotatable bonds is 7. The van der Waals surface area contributed by atoms with Gasteiger partial charge in [-0.25, -0.2) is 9.79 Å². The van der Waals surface area contributed by atoms with E-state index in [1.807, 2.05) is 54.6 Å². The Labute approximate surface area is 215 Å². The smallest absolute Gasteiger partial charge is 0.409 e. The molecule has 1 fully saturated rings. The Morgan fingerprint density at radius 1 is 0.946 bits per heavy atom. The van der Waals surface area contributed by atoms with Crippen LogP contribution in [0.25, 0.3) is 0 Å². The third-order valence-electron chi connectivity index (χ3n) is 6.75. The van der Waals surface area contributed by atoms with Gasteiger partial charge in [0.05, 0.1) is 17.9 Å². The van der Waals surface area contributed by atoms with E-state index in [1.165, 1.54) is 4.90 Å². The number of aromatic nitrogens is 1. The summed E-state index contributed by atoms with van der Waals surface area (Å²) in [7, 11) is 0. The molecule has 1 atom stereocenters. The monoisotopic (exact) mass is 496 g/mol. The lowest BCUT2D eigenvalue weighted by Gasteiger charge is -2.26. The lowest BCUT2D eigenvalue weighted by atomic mass is 9.99. The van der Waals surface area contributed by atoms with Crippen molar-refractivity contribution in [2.45, 2.75) is 38.5 Å². The molecule has 0 radical (unpaired) electrons. The Balaban J connectivity index is 1.47. The molecule has 8 nitrogen and oxygen atoms in total. The average molecular weight is 497 g/mol. The number of nitrogens with zero attached hydrogens (tertiary/aromatic N) is 3. The molecule has 0 spiro atoms. The molecule has 2 aromatic carbocycles. The number of pyridine rings is 1. The van der Waals surface area contributed by atoms with Crippen LogP contribution >= 0.6 is 0 Å². The van der Waals surface area contributed by atoms with Gasteiger partial charge in [-0.15, -0.1) is 0 Å². The summed E-state index contributed by atoms with van der Waals surface area (Å²) in [4.78, 5) is 50.0. The van der Waals surface area contributed by atoms with Crippen molar-refractivity contribution in [2.24, 2.45) is 10.9 Å². The molecular weight excluding hydrogens is 468 g/mol. The predicted molar refractivity (Wildman–Crippen MR) is 139 cm³/mol. The van der Waals surface area contributed by atoms with Gasteiger partial charge in [0.25, 0.3) is 5.91 Å². The zero-order valence-electron chi connectivity index (χ0n) is 20.4. The minimum Gasteiger partial charge on any atom is -0.445 e. The molecule has 8 heteroatoms. The average Bonchev–Trinajstić information content (AvgIpc) is 3.46. The van der Waals surface area contributed by atoms with Crippen LogP contribution in [0.2, 0.25) is 0 Å². The Morgan fingerprint density at radius 2 is 1.65 bits per heavy atom. The molecule has 1 aromatic heterocycles. The van der Waals surface area contributed by atoms with E-state index in [9.17, 15) is 14.4 Å². The SMILES string of the molecule is O=C(NC1N=C(c2ccncc2)c2ccccc2N(CC(=O)C2CCCC2)C1=O)OCc1ccccc1. The van der Waals surface area contributed by atoms with Crippen molar-refractivity contribution in [3.05, 3.63) is 95.8 Å². The summed E-state index contributed by atoms with van der Waals surface area (Å²) in [6.45, 7) is -0.0183. The van der Waals surface area contributed by atoms with Crippen molar-refractivity contribution in [1.29, 1.82) is 0 Å². The number of anilines is 1. The number of nitrogens with one attached hydrogen (secondary N) is 1. The number of amides is 2. The van der Waals surface area contributed by atoms with E-state index in [1.54, 1.807) is 24.5 Å². The second-order valence-electron chi connectivity index (χ2n) is 9.21. The van der Waals surface area contributed by atoms with Crippen LogP contribution in [0, 0.1) is 5.92 Å². The number of carbonyl (C=O) groups excluding carboxylic acids is 3. The molecule has 188 valence electrons. The first-order valence-corrected chi connectivity index (χ1v) is 12.5. The number of benzodiazepines with no additional fused rings is 1. The molecule has 1 unspecified atom stereocenters. The molecule has 2 heterocycles. The van der Waals surface area contributed by atoms with Gasteiger partial charge in [0.15, 0.2) is 5.78 Å². The van der Waals surface area contributed by atoms with Gasteiger partial charge >= 0.3 is 6.09 Å². The number of carbonyl (C=O) groups is 3. The van der Waals surface area contributed by atoms with Gasteiger partial charge < -0.3 is 9.64 Å². The van der Waals surface area contributed by atoms with Crippen LogP contribution in [0.3, 0.4) is 0 Å². The van der Waals surface area contributed by atoms with E-state index in [0.717, 1.165) is 36.8 Å². The number of benzene rings is 2. The molecule has 5 rings (SSSR count). The first-order chi connectivity index (χ1) is 18.1. The Kier molecular flexibility index (Phi) is 7.35. The van der Waals surface area contributed by atoms with Crippen molar-refractivity contribution in [2.75, 3.05) is 11.4 Å². The fraction of sp³-hybridized carbons (Fsp3) is 0.276. The molecule has 1 N–H and O–H groups in total. The third kappa shape index (κ3) is 5.58. The highest BCUT2D eigenvalue weighted by Gasteiger charge is 2.35. The van der Waals surface area contributed by atoms with Gasteiger partial charge in [-0.2, -0.15) is 0 Å². The molecule has 3 aromatic rings. The van der Waals surface area contributed by atoms with Crippen LogP contribution in [0.1, 0.15) is 42.4 Å². The number of hydrogen-bond donors (Lipinski definition) is 1. The second-order valence-corrected chi connectivity index (χ2v) is 9.21. The van der Waals surface area contributed by atoms with Crippen molar-refractivity contribution in [3.8, 4) is 0 Å². The first kappa shape index (κ1) is 24.4. The summed E-state index contributed by atoms with van der Waals surface area (Å²) in [5, 5.41) is 2.62. The fourth-order valence-electron chi connectivity index (χ4n) is 4.84. The summed E-state index contributed by atoms with van der Waals surface area (Å²) >= 11 is 0. The summed E-state index contributed by atoms with van der Waals surface area (Å²) in [6, 6.07) is 20.2. The minimum absolute atomic E-state index is 0.0263. The number of fused-ring (bicyclic) bond motifs is 1. The van der Waals surface area contributed by atoms with E-state index in [2.05, 4.69) is 10.3 Å². The number of para-hydroxylation sites is 1. The number of ether oxygens (including phenoxy) is 1. The quantitative estimate of drug-likeness (QED) is 0.526. The van der Waals surface area contributed by atoms with Crippen molar-refractivity contribution in [3.63, 3.8) is 0 Å². The lowest BCUT2D eigenvalue weighted by molar-refractivity contribution is -0.125. The summed E-state index contributed by atoms with van der Waals surface area (Å²) < 4.78 is 5.37. The Morgan fingerprint density at radius 3 is 2.41 bits per heavy atom. The van der Waals surface area contributed by atoms with Crippen molar-refractivity contribution < 1.29 is 19.1 Å². The maximum atomic E-state index is 13.8. The minimum atomic E-state index is -1.27. The van der Waals surface area contributed by atoms with Crippen LogP contribution in [-0.4, -0.2) is 41.2 Å². The molecule has 0 saturated heterocycles. The fourth-order valence-corrected chi connectivity index (χ4v) is 4.84. The molecule has 1 aliphatic carbocycles. The highest BCUT2D eigenvalue weighted by atomic mass is 16.5. The van der Waals surface area contributed by atoms with Gasteiger partial charge in [0, 0.05) is 29.4 Å². The standard InChI is InChI=1S/C29H28N4O4/c34-25(21-10-4-5-11-21)18-33-24-13-7-6-12-23(24)26(22-14-16-30-17-15-22)31-27(28(33)35)32-29(36)37-19-20-8-2-1-3-9-20/h1-3,6-9,12-17,21,27H,4-5,10-11,18-19H2,(H,32,36). The van der Waals surface area contributed by atoms with E-state index in [4.69, 9.17) is 9.73 Å². The van der Waals surface area contributed by atoms with E-state index in [0.29, 0.717) is 17.0 Å². The summed E-state index contributed by atoms with van der Waals surface area (Å²) in [5.74, 6) is -0.510. The Bertz CT molecular complexity index is 1300. The topological polar surface area (TPSA) is 101 Å². The van der Waals surface area contributed by atoms with Crippen LogP contribution < -0.4 is 10.2 Å². The molecule has 2 aliphatic rings. The van der Waals surface area contributed by atoms with Gasteiger partial charge in [-0.05, 0) is 36.6 Å². The summed E-state index contributed by atoms with van der Waals surface area (Å²) in [5.41, 5.74) is 3.36. The highest BCUT2D eigenvalue weighted by Crippen LogP contribution is 2.30. The molecular formula is C29H28N4O4. The number of ketones is 1. The van der Waals surface area contributed by atoms with E-state index >= 15 is 0 Å². The first-order valence-electron chi connectivity index (χ1n) is 12.5. The van der Waals surface area contributed by atoms with Crippen LogP contribution in [0.15, 0.2) is 84.1 Å². The number of alkyl carbamates (subject to hydrolysis) is 1. The van der Waals surface area contributed by atoms with Crippen LogP contribution in [0.4, 0.5) is 10.5 Å². The molecule has 0 bridgehead atoms. The Hall–Kier alpha value is -4.33.